The Morgan fingerprint density at radius 3 is 2.62 bits per heavy atom. The number of nitrogens with one attached hydrogen (secondary N) is 1. The summed E-state index contributed by atoms with van der Waals surface area (Å²) in [6.07, 6.45) is 0.487. The van der Waals surface area contributed by atoms with Crippen LogP contribution in [-0.2, 0) is 9.84 Å². The Morgan fingerprint density at radius 1 is 1.27 bits per heavy atom. The molecule has 1 aliphatic rings. The Kier molecular flexibility index (Phi) is 6.88. The molecule has 0 aromatic heterocycles. The minimum atomic E-state index is -3.05. The minimum absolute atomic E-state index is 0.0334. The molecule has 0 radical (unpaired) electrons. The molecule has 1 unspecified atom stereocenters. The summed E-state index contributed by atoms with van der Waals surface area (Å²) in [5.41, 5.74) is 2.16. The van der Waals surface area contributed by atoms with Crippen LogP contribution in [0.1, 0.15) is 17.5 Å². The largest absolute Gasteiger partial charge is 0.473 e. The van der Waals surface area contributed by atoms with Gasteiger partial charge in [0.05, 0.1) is 11.5 Å². The highest BCUT2D eigenvalue weighted by Gasteiger charge is 2.34. The highest BCUT2D eigenvalue weighted by Crippen LogP contribution is 2.20. The number of aryl methyl sites for hydroxylation is 1. The molecular weight excluding hydrogens is 354 g/mol. The summed E-state index contributed by atoms with van der Waals surface area (Å²) in [5, 5.41) is 2.76. The molecule has 0 bridgehead atoms. The minimum Gasteiger partial charge on any atom is -0.473 e. The van der Waals surface area contributed by atoms with Crippen LogP contribution in [0.2, 0.25) is 0 Å². The lowest BCUT2D eigenvalue weighted by Crippen LogP contribution is -2.49. The topological polar surface area (TPSA) is 79.0 Å². The molecule has 1 atom stereocenters. The SMILES string of the molecule is Cc1cccc(OCNC(=O)N(CCN(C)C)C2CCS(=O)(=O)C2)c1C. The van der Waals surface area contributed by atoms with Crippen molar-refractivity contribution in [2.24, 2.45) is 0 Å². The quantitative estimate of drug-likeness (QED) is 0.720. The first-order chi connectivity index (χ1) is 12.2. The molecule has 0 spiro atoms. The molecule has 1 saturated heterocycles. The van der Waals surface area contributed by atoms with Gasteiger partial charge in [-0.05, 0) is 51.6 Å². The number of carbonyl (C=O) groups excluding carboxylic acids is 1. The summed E-state index contributed by atoms with van der Waals surface area (Å²) in [4.78, 5) is 16.2. The Balaban J connectivity index is 1.96. The highest BCUT2D eigenvalue weighted by atomic mass is 32.2. The van der Waals surface area contributed by atoms with Crippen molar-refractivity contribution >= 4 is 15.9 Å². The number of hydrogen-bond acceptors (Lipinski definition) is 5. The number of sulfone groups is 1. The second kappa shape index (κ2) is 8.73. The molecule has 7 nitrogen and oxygen atoms in total. The molecule has 1 N–H and O–H groups in total. The maximum absolute atomic E-state index is 12.6. The summed E-state index contributed by atoms with van der Waals surface area (Å²) >= 11 is 0. The van der Waals surface area contributed by atoms with E-state index in [0.29, 0.717) is 19.5 Å². The third-order valence-electron chi connectivity index (χ3n) is 4.70. The predicted octanol–water partition coefficient (Wildman–Crippen LogP) is 1.40. The number of carbonyl (C=O) groups is 1. The van der Waals surface area contributed by atoms with Gasteiger partial charge in [0.2, 0.25) is 0 Å². The molecule has 2 amide bonds. The maximum atomic E-state index is 12.6. The second-order valence-corrected chi connectivity index (χ2v) is 9.25. The van der Waals surface area contributed by atoms with Crippen molar-refractivity contribution in [1.82, 2.24) is 15.1 Å². The first kappa shape index (κ1) is 20.5. The maximum Gasteiger partial charge on any atom is 0.320 e. The number of urea groups is 1. The molecule has 8 heteroatoms. The zero-order valence-corrected chi connectivity index (χ0v) is 16.8. The normalized spacial score (nSPS) is 18.7. The van der Waals surface area contributed by atoms with Crippen molar-refractivity contribution < 1.29 is 17.9 Å². The second-order valence-electron chi connectivity index (χ2n) is 7.02. The predicted molar refractivity (Wildman–Crippen MR) is 102 cm³/mol. The summed E-state index contributed by atoms with van der Waals surface area (Å²) in [7, 11) is 0.790. The summed E-state index contributed by atoms with van der Waals surface area (Å²) in [6, 6.07) is 5.21. The summed E-state index contributed by atoms with van der Waals surface area (Å²) < 4.78 is 29.2. The fraction of sp³-hybridized carbons (Fsp3) is 0.611. The van der Waals surface area contributed by atoms with Crippen molar-refractivity contribution in [3.8, 4) is 5.75 Å². The number of nitrogens with zero attached hydrogens (tertiary/aromatic N) is 2. The number of ether oxygens (including phenoxy) is 1. The van der Waals surface area contributed by atoms with E-state index in [0.717, 1.165) is 16.9 Å². The van der Waals surface area contributed by atoms with E-state index in [2.05, 4.69) is 5.32 Å². The van der Waals surface area contributed by atoms with E-state index in [4.69, 9.17) is 4.74 Å². The fourth-order valence-electron chi connectivity index (χ4n) is 2.94. The highest BCUT2D eigenvalue weighted by molar-refractivity contribution is 7.91. The number of rotatable bonds is 7. The molecule has 146 valence electrons. The molecule has 0 aliphatic carbocycles. The lowest BCUT2D eigenvalue weighted by molar-refractivity contribution is 0.162. The van der Waals surface area contributed by atoms with Gasteiger partial charge in [0.15, 0.2) is 16.6 Å². The van der Waals surface area contributed by atoms with E-state index < -0.39 is 9.84 Å². The van der Waals surface area contributed by atoms with Gasteiger partial charge in [-0.3, -0.25) is 0 Å². The van der Waals surface area contributed by atoms with Crippen LogP contribution in [0.5, 0.6) is 5.75 Å². The van der Waals surface area contributed by atoms with E-state index in [1.807, 2.05) is 51.0 Å². The lowest BCUT2D eigenvalue weighted by atomic mass is 10.1. The van der Waals surface area contributed by atoms with Gasteiger partial charge in [-0.25, -0.2) is 13.2 Å². The van der Waals surface area contributed by atoms with Crippen molar-refractivity contribution in [3.63, 3.8) is 0 Å². The molecule has 1 fully saturated rings. The van der Waals surface area contributed by atoms with Crippen LogP contribution in [0.15, 0.2) is 18.2 Å². The van der Waals surface area contributed by atoms with E-state index >= 15 is 0 Å². The van der Waals surface area contributed by atoms with Crippen molar-refractivity contribution in [2.75, 3.05) is 45.4 Å². The van der Waals surface area contributed by atoms with Crippen molar-refractivity contribution in [1.29, 1.82) is 0 Å². The zero-order chi connectivity index (χ0) is 19.3. The van der Waals surface area contributed by atoms with Gasteiger partial charge in [0.1, 0.15) is 5.75 Å². The van der Waals surface area contributed by atoms with Gasteiger partial charge >= 0.3 is 6.03 Å². The van der Waals surface area contributed by atoms with Crippen molar-refractivity contribution in [3.05, 3.63) is 29.3 Å². The Labute approximate surface area is 156 Å². The molecule has 2 rings (SSSR count). The van der Waals surface area contributed by atoms with Gasteiger partial charge < -0.3 is 19.9 Å². The number of likely N-dealkylation sites (N-methyl/N-ethyl adjacent to an activating group) is 1. The van der Waals surface area contributed by atoms with Crippen LogP contribution in [0.25, 0.3) is 0 Å². The molecule has 26 heavy (non-hydrogen) atoms. The lowest BCUT2D eigenvalue weighted by Gasteiger charge is -2.29. The van der Waals surface area contributed by atoms with E-state index in [1.165, 1.54) is 0 Å². The van der Waals surface area contributed by atoms with Gasteiger partial charge in [-0.1, -0.05) is 12.1 Å². The van der Waals surface area contributed by atoms with Gasteiger partial charge in [-0.2, -0.15) is 0 Å². The first-order valence-electron chi connectivity index (χ1n) is 8.78. The zero-order valence-electron chi connectivity index (χ0n) is 16.0. The average molecular weight is 384 g/mol. The number of hydrogen-bond donors (Lipinski definition) is 1. The third kappa shape index (κ3) is 5.60. The standard InChI is InChI=1S/C18H29N3O4S/c1-14-6-5-7-17(15(14)2)25-13-19-18(22)21(10-9-20(3)4)16-8-11-26(23,24)12-16/h5-7,16H,8-13H2,1-4H3,(H,19,22). The summed E-state index contributed by atoms with van der Waals surface area (Å²) in [6.45, 7) is 5.16. The molecule has 1 aliphatic heterocycles. The Bertz CT molecular complexity index is 734. The molecule has 1 aromatic rings. The Hall–Kier alpha value is -1.80. The average Bonchev–Trinajstić information content (AvgIpc) is 2.91. The van der Waals surface area contributed by atoms with Crippen LogP contribution in [0.4, 0.5) is 4.79 Å². The van der Waals surface area contributed by atoms with Gasteiger partial charge in [-0.15, -0.1) is 0 Å². The molecular formula is C18H29N3O4S. The number of amides is 2. The van der Waals surface area contributed by atoms with Gasteiger partial charge in [0, 0.05) is 19.1 Å². The van der Waals surface area contributed by atoms with Crippen LogP contribution in [0.3, 0.4) is 0 Å². The van der Waals surface area contributed by atoms with Crippen LogP contribution in [0, 0.1) is 13.8 Å². The monoisotopic (exact) mass is 383 g/mol. The summed E-state index contributed by atoms with van der Waals surface area (Å²) in [5.74, 6) is 0.905. The fourth-order valence-corrected chi connectivity index (χ4v) is 4.67. The third-order valence-corrected chi connectivity index (χ3v) is 6.45. The smallest absolute Gasteiger partial charge is 0.320 e. The molecule has 1 aromatic carbocycles. The van der Waals surface area contributed by atoms with Crippen LogP contribution in [-0.4, -0.2) is 75.7 Å². The molecule has 0 saturated carbocycles. The van der Waals surface area contributed by atoms with Crippen molar-refractivity contribution in [2.45, 2.75) is 26.3 Å². The Morgan fingerprint density at radius 2 is 2.00 bits per heavy atom. The first-order valence-corrected chi connectivity index (χ1v) is 10.6. The van der Waals surface area contributed by atoms with Crippen LogP contribution >= 0.6 is 0 Å². The molecule has 1 heterocycles. The van der Waals surface area contributed by atoms with Gasteiger partial charge in [0.25, 0.3) is 0 Å². The van der Waals surface area contributed by atoms with E-state index in [9.17, 15) is 13.2 Å². The van der Waals surface area contributed by atoms with E-state index in [-0.39, 0.29) is 30.3 Å². The van der Waals surface area contributed by atoms with E-state index in [1.54, 1.807) is 4.90 Å². The van der Waals surface area contributed by atoms with Crippen LogP contribution < -0.4 is 10.1 Å². The number of benzene rings is 1.